The van der Waals surface area contributed by atoms with Gasteiger partial charge in [0.25, 0.3) is 0 Å². The van der Waals surface area contributed by atoms with Gasteiger partial charge in [-0.2, -0.15) is 0 Å². The predicted octanol–water partition coefficient (Wildman–Crippen LogP) is 6.51. The molecule has 0 fully saturated rings. The second kappa shape index (κ2) is 7.06. The molecule has 0 unspecified atom stereocenters. The molecule has 25 heavy (non-hydrogen) atoms. The van der Waals surface area contributed by atoms with Crippen molar-refractivity contribution in [2.75, 3.05) is 0 Å². The van der Waals surface area contributed by atoms with Crippen molar-refractivity contribution in [2.45, 2.75) is 0 Å². The van der Waals surface area contributed by atoms with Crippen molar-refractivity contribution < 1.29 is 0 Å². The van der Waals surface area contributed by atoms with Crippen molar-refractivity contribution in [1.82, 2.24) is 4.98 Å². The monoisotopic (exact) mass is 321 g/mol. The zero-order valence-corrected chi connectivity index (χ0v) is 13.9. The summed E-state index contributed by atoms with van der Waals surface area (Å²) in [4.78, 5) is 3.53. The lowest BCUT2D eigenvalue weighted by molar-refractivity contribution is 1.42. The van der Waals surface area contributed by atoms with Crippen LogP contribution in [-0.4, -0.2) is 4.98 Å². The van der Waals surface area contributed by atoms with E-state index in [9.17, 15) is 0 Å². The first-order chi connectivity index (χ1) is 12.4. The minimum absolute atomic E-state index is 1.12. The van der Waals surface area contributed by atoms with Crippen molar-refractivity contribution in [3.05, 3.63) is 107 Å². The minimum atomic E-state index is 1.12. The first-order valence-corrected chi connectivity index (χ1v) is 8.47. The Morgan fingerprint density at radius 3 is 1.76 bits per heavy atom. The minimum Gasteiger partial charge on any atom is -0.355 e. The van der Waals surface area contributed by atoms with Crippen LogP contribution in [0.5, 0.6) is 0 Å². The molecule has 120 valence electrons. The molecule has 0 amide bonds. The molecule has 0 aliphatic rings. The van der Waals surface area contributed by atoms with Crippen molar-refractivity contribution in [3.63, 3.8) is 0 Å². The fraction of sp³-hybridized carbons (Fsp3) is 0. The number of fused-ring (bicyclic) bond motifs is 1. The zero-order valence-electron chi connectivity index (χ0n) is 13.9. The molecule has 0 bridgehead atoms. The van der Waals surface area contributed by atoms with E-state index in [-0.39, 0.29) is 0 Å². The van der Waals surface area contributed by atoms with Crippen molar-refractivity contribution >= 4 is 35.2 Å². The summed E-state index contributed by atoms with van der Waals surface area (Å²) in [6.07, 6.45) is 8.65. The molecule has 0 aliphatic heterocycles. The highest BCUT2D eigenvalue weighted by Gasteiger charge is 2.06. The molecule has 0 radical (unpaired) electrons. The first kappa shape index (κ1) is 15.2. The number of rotatable bonds is 4. The average Bonchev–Trinajstić information content (AvgIpc) is 3.04. The van der Waals surface area contributed by atoms with Crippen molar-refractivity contribution in [3.8, 4) is 0 Å². The van der Waals surface area contributed by atoms with E-state index >= 15 is 0 Å². The molecule has 4 rings (SSSR count). The van der Waals surface area contributed by atoms with Crippen LogP contribution in [0.25, 0.3) is 35.2 Å². The highest BCUT2D eigenvalue weighted by molar-refractivity contribution is 5.96. The Balaban J connectivity index is 1.76. The second-order valence-electron chi connectivity index (χ2n) is 5.99. The van der Waals surface area contributed by atoms with E-state index in [0.29, 0.717) is 0 Å². The SMILES string of the molecule is C(=Cc1[nH]c2ccccc2c1C=Cc1ccccc1)c1ccccc1. The standard InChI is InChI=1S/C24H19N/c1-3-9-19(10-4-1)15-17-22-21-13-7-8-14-23(21)25-24(22)18-16-20-11-5-2-6-12-20/h1-18,25H. The third-order valence-electron chi connectivity index (χ3n) is 4.26. The van der Waals surface area contributed by atoms with Crippen LogP contribution in [0.4, 0.5) is 0 Å². The predicted molar refractivity (Wildman–Crippen MR) is 109 cm³/mol. The molecule has 0 saturated carbocycles. The maximum atomic E-state index is 3.53. The number of hydrogen-bond acceptors (Lipinski definition) is 0. The van der Waals surface area contributed by atoms with Crippen LogP contribution in [0.2, 0.25) is 0 Å². The van der Waals surface area contributed by atoms with Crippen LogP contribution in [-0.2, 0) is 0 Å². The summed E-state index contributed by atoms with van der Waals surface area (Å²) < 4.78 is 0. The van der Waals surface area contributed by atoms with E-state index in [1.165, 1.54) is 22.1 Å². The lowest BCUT2D eigenvalue weighted by atomic mass is 10.1. The summed E-state index contributed by atoms with van der Waals surface area (Å²) in [6, 6.07) is 29.2. The summed E-state index contributed by atoms with van der Waals surface area (Å²) in [6.45, 7) is 0. The quantitative estimate of drug-likeness (QED) is 0.441. The normalized spacial score (nSPS) is 11.7. The second-order valence-corrected chi connectivity index (χ2v) is 5.99. The molecule has 3 aromatic carbocycles. The van der Waals surface area contributed by atoms with E-state index in [1.807, 2.05) is 12.1 Å². The van der Waals surface area contributed by atoms with Gasteiger partial charge in [-0.15, -0.1) is 0 Å². The van der Waals surface area contributed by atoms with E-state index in [1.54, 1.807) is 0 Å². The topological polar surface area (TPSA) is 15.8 Å². The maximum absolute atomic E-state index is 3.53. The molecule has 1 heterocycles. The summed E-state index contributed by atoms with van der Waals surface area (Å²) in [5.41, 5.74) is 5.89. The zero-order chi connectivity index (χ0) is 16.9. The number of para-hydroxylation sites is 1. The van der Waals surface area contributed by atoms with E-state index in [0.717, 1.165) is 11.2 Å². The van der Waals surface area contributed by atoms with Gasteiger partial charge in [0.15, 0.2) is 0 Å². The van der Waals surface area contributed by atoms with E-state index in [4.69, 9.17) is 0 Å². The van der Waals surface area contributed by atoms with Crippen LogP contribution in [0, 0.1) is 0 Å². The largest absolute Gasteiger partial charge is 0.355 e. The average molecular weight is 321 g/mol. The highest BCUT2D eigenvalue weighted by Crippen LogP contribution is 2.26. The van der Waals surface area contributed by atoms with Gasteiger partial charge < -0.3 is 4.98 Å². The molecule has 0 spiro atoms. The Hall–Kier alpha value is -3.32. The Morgan fingerprint density at radius 2 is 1.08 bits per heavy atom. The smallest absolute Gasteiger partial charge is 0.0465 e. The molecule has 1 nitrogen and oxygen atoms in total. The highest BCUT2D eigenvalue weighted by atomic mass is 14.7. The van der Waals surface area contributed by atoms with Gasteiger partial charge in [0.1, 0.15) is 0 Å². The number of aromatic amines is 1. The Kier molecular flexibility index (Phi) is 4.30. The third kappa shape index (κ3) is 3.46. The molecule has 0 atom stereocenters. The van der Waals surface area contributed by atoms with Gasteiger partial charge in [0, 0.05) is 22.2 Å². The molecule has 1 N–H and O–H groups in total. The molecule has 4 aromatic rings. The van der Waals surface area contributed by atoms with Gasteiger partial charge >= 0.3 is 0 Å². The summed E-state index contributed by atoms with van der Waals surface area (Å²) >= 11 is 0. The van der Waals surface area contributed by atoms with Crippen LogP contribution in [0.3, 0.4) is 0 Å². The van der Waals surface area contributed by atoms with Crippen LogP contribution >= 0.6 is 0 Å². The number of nitrogens with one attached hydrogen (secondary N) is 1. The Bertz CT molecular complexity index is 1020. The first-order valence-electron chi connectivity index (χ1n) is 8.47. The molecule has 0 aliphatic carbocycles. The molecule has 0 saturated heterocycles. The van der Waals surface area contributed by atoms with Gasteiger partial charge in [-0.05, 0) is 23.3 Å². The number of H-pyrrole nitrogens is 1. The van der Waals surface area contributed by atoms with Crippen molar-refractivity contribution in [1.29, 1.82) is 0 Å². The molecular weight excluding hydrogens is 302 g/mol. The van der Waals surface area contributed by atoms with Crippen LogP contribution in [0.15, 0.2) is 84.9 Å². The molecule has 1 heteroatoms. The lowest BCUT2D eigenvalue weighted by Crippen LogP contribution is -1.77. The summed E-state index contributed by atoms with van der Waals surface area (Å²) in [5.74, 6) is 0. The molecular formula is C24H19N. The van der Waals surface area contributed by atoms with Gasteiger partial charge in [0.05, 0.1) is 0 Å². The van der Waals surface area contributed by atoms with Crippen molar-refractivity contribution in [2.24, 2.45) is 0 Å². The van der Waals surface area contributed by atoms with Gasteiger partial charge in [0.2, 0.25) is 0 Å². The lowest BCUT2D eigenvalue weighted by Gasteiger charge is -1.97. The number of hydrogen-bond donors (Lipinski definition) is 1. The number of aromatic nitrogens is 1. The Morgan fingerprint density at radius 1 is 0.520 bits per heavy atom. The van der Waals surface area contributed by atoms with Crippen LogP contribution in [0.1, 0.15) is 22.4 Å². The van der Waals surface area contributed by atoms with E-state index in [2.05, 4.69) is 102 Å². The Labute approximate surface area is 148 Å². The van der Waals surface area contributed by atoms with E-state index < -0.39 is 0 Å². The van der Waals surface area contributed by atoms with Gasteiger partial charge in [-0.3, -0.25) is 0 Å². The third-order valence-corrected chi connectivity index (χ3v) is 4.26. The summed E-state index contributed by atoms with van der Waals surface area (Å²) in [5, 5.41) is 1.24. The fourth-order valence-electron chi connectivity index (χ4n) is 2.98. The van der Waals surface area contributed by atoms with Crippen LogP contribution < -0.4 is 0 Å². The van der Waals surface area contributed by atoms with Gasteiger partial charge in [-0.25, -0.2) is 0 Å². The fourth-order valence-corrected chi connectivity index (χ4v) is 2.98. The number of benzene rings is 3. The summed E-state index contributed by atoms with van der Waals surface area (Å²) in [7, 11) is 0. The molecule has 1 aromatic heterocycles. The maximum Gasteiger partial charge on any atom is 0.0465 e. The van der Waals surface area contributed by atoms with Gasteiger partial charge in [-0.1, -0.05) is 97.1 Å².